The second-order valence-corrected chi connectivity index (χ2v) is 3.79. The summed E-state index contributed by atoms with van der Waals surface area (Å²) < 4.78 is 0. The summed E-state index contributed by atoms with van der Waals surface area (Å²) in [7, 11) is 0. The van der Waals surface area contributed by atoms with Gasteiger partial charge in [0, 0.05) is 6.42 Å². The molecule has 0 saturated carbocycles. The first-order valence-electron chi connectivity index (χ1n) is 5.00. The third kappa shape index (κ3) is 8.98. The van der Waals surface area contributed by atoms with Crippen molar-refractivity contribution in [3.05, 3.63) is 35.5 Å². The predicted molar refractivity (Wildman–Crippen MR) is 62.2 cm³/mol. The SMILES string of the molecule is CC(=O)CC/C=C(C)/C=C/C=C(C)C. The molecule has 0 fully saturated rings. The van der Waals surface area contributed by atoms with Crippen molar-refractivity contribution in [1.29, 1.82) is 0 Å². The number of ketones is 1. The average Bonchev–Trinajstić information content (AvgIpc) is 2.02. The van der Waals surface area contributed by atoms with Crippen LogP contribution in [0.5, 0.6) is 0 Å². The summed E-state index contributed by atoms with van der Waals surface area (Å²) in [6.45, 7) is 7.82. The van der Waals surface area contributed by atoms with E-state index in [9.17, 15) is 4.79 Å². The van der Waals surface area contributed by atoms with Crippen LogP contribution in [0.15, 0.2) is 35.5 Å². The Kier molecular flexibility index (Phi) is 6.73. The number of Topliss-reactive ketones (excluding diaryl/α,β-unsaturated/α-hetero) is 1. The fourth-order valence-corrected chi connectivity index (χ4v) is 0.963. The predicted octanol–water partition coefficient (Wildman–Crippen LogP) is 3.82. The van der Waals surface area contributed by atoms with Gasteiger partial charge in [-0.25, -0.2) is 0 Å². The van der Waals surface area contributed by atoms with Crippen molar-refractivity contribution in [1.82, 2.24) is 0 Å². The van der Waals surface area contributed by atoms with Crippen LogP contribution in [-0.2, 0) is 4.79 Å². The smallest absolute Gasteiger partial charge is 0.130 e. The molecule has 0 atom stereocenters. The van der Waals surface area contributed by atoms with E-state index in [0.29, 0.717) is 6.42 Å². The zero-order valence-electron chi connectivity index (χ0n) is 9.63. The average molecular weight is 192 g/mol. The van der Waals surface area contributed by atoms with E-state index in [2.05, 4.69) is 39.0 Å². The molecule has 0 amide bonds. The summed E-state index contributed by atoms with van der Waals surface area (Å²) in [6.07, 6.45) is 9.76. The van der Waals surface area contributed by atoms with Gasteiger partial charge in [0.05, 0.1) is 0 Å². The molecule has 0 aliphatic carbocycles. The fraction of sp³-hybridized carbons (Fsp3) is 0.462. The standard InChI is InChI=1S/C13H20O/c1-11(2)7-5-8-12(3)9-6-10-13(4)14/h5,7-9H,6,10H2,1-4H3/b8-5+,12-9+. The molecule has 1 heteroatoms. The molecule has 0 N–H and O–H groups in total. The number of carbonyl (C=O) groups excluding carboxylic acids is 1. The van der Waals surface area contributed by atoms with Crippen molar-refractivity contribution >= 4 is 5.78 Å². The van der Waals surface area contributed by atoms with Gasteiger partial charge in [0.15, 0.2) is 0 Å². The molecule has 0 aromatic heterocycles. The van der Waals surface area contributed by atoms with Crippen molar-refractivity contribution in [2.75, 3.05) is 0 Å². The maximum Gasteiger partial charge on any atom is 0.130 e. The van der Waals surface area contributed by atoms with Gasteiger partial charge in [-0.1, -0.05) is 35.5 Å². The first-order valence-corrected chi connectivity index (χ1v) is 5.00. The fourth-order valence-electron chi connectivity index (χ4n) is 0.963. The molecular formula is C13H20O. The summed E-state index contributed by atoms with van der Waals surface area (Å²) in [5.74, 6) is 0.252. The second kappa shape index (κ2) is 7.31. The molecule has 0 aromatic rings. The van der Waals surface area contributed by atoms with Crippen LogP contribution in [-0.4, -0.2) is 5.78 Å². The van der Waals surface area contributed by atoms with Gasteiger partial charge in [0.2, 0.25) is 0 Å². The highest BCUT2D eigenvalue weighted by molar-refractivity contribution is 5.75. The molecular weight excluding hydrogens is 172 g/mol. The Morgan fingerprint density at radius 2 is 1.79 bits per heavy atom. The van der Waals surface area contributed by atoms with Gasteiger partial charge in [-0.05, 0) is 34.1 Å². The van der Waals surface area contributed by atoms with Gasteiger partial charge in [0.25, 0.3) is 0 Å². The Morgan fingerprint density at radius 3 is 2.29 bits per heavy atom. The van der Waals surface area contributed by atoms with Crippen LogP contribution >= 0.6 is 0 Å². The lowest BCUT2D eigenvalue weighted by molar-refractivity contribution is -0.116. The number of hydrogen-bond acceptors (Lipinski definition) is 1. The number of hydrogen-bond donors (Lipinski definition) is 0. The third-order valence-electron chi connectivity index (χ3n) is 1.75. The number of rotatable bonds is 5. The van der Waals surface area contributed by atoms with E-state index in [1.807, 2.05) is 6.08 Å². The molecule has 0 spiro atoms. The van der Waals surface area contributed by atoms with E-state index in [-0.39, 0.29) is 5.78 Å². The molecule has 0 aliphatic heterocycles. The summed E-state index contributed by atoms with van der Waals surface area (Å²) in [5.41, 5.74) is 2.50. The summed E-state index contributed by atoms with van der Waals surface area (Å²) in [5, 5.41) is 0. The second-order valence-electron chi connectivity index (χ2n) is 3.79. The van der Waals surface area contributed by atoms with Crippen LogP contribution in [0.25, 0.3) is 0 Å². The molecule has 0 aromatic carbocycles. The number of carbonyl (C=O) groups is 1. The van der Waals surface area contributed by atoms with Crippen molar-refractivity contribution in [3.63, 3.8) is 0 Å². The summed E-state index contributed by atoms with van der Waals surface area (Å²) in [4.78, 5) is 10.7. The molecule has 0 heterocycles. The van der Waals surface area contributed by atoms with Crippen molar-refractivity contribution in [2.24, 2.45) is 0 Å². The maximum absolute atomic E-state index is 10.7. The van der Waals surface area contributed by atoms with Crippen LogP contribution < -0.4 is 0 Å². The van der Waals surface area contributed by atoms with E-state index < -0.39 is 0 Å². The Morgan fingerprint density at radius 1 is 1.14 bits per heavy atom. The van der Waals surface area contributed by atoms with Crippen molar-refractivity contribution < 1.29 is 4.79 Å². The van der Waals surface area contributed by atoms with Crippen molar-refractivity contribution in [3.8, 4) is 0 Å². The molecule has 1 nitrogen and oxygen atoms in total. The minimum absolute atomic E-state index is 0.252. The van der Waals surface area contributed by atoms with Gasteiger partial charge in [0.1, 0.15) is 5.78 Å². The molecule has 0 aliphatic rings. The Balaban J connectivity index is 3.94. The van der Waals surface area contributed by atoms with Gasteiger partial charge < -0.3 is 4.79 Å². The molecule has 0 rings (SSSR count). The van der Waals surface area contributed by atoms with Crippen LogP contribution in [0, 0.1) is 0 Å². The highest BCUT2D eigenvalue weighted by Crippen LogP contribution is 2.01. The number of allylic oxidation sites excluding steroid dienone is 6. The first-order chi connectivity index (χ1) is 6.52. The Labute approximate surface area is 87.2 Å². The van der Waals surface area contributed by atoms with Crippen LogP contribution in [0.4, 0.5) is 0 Å². The normalized spacial score (nSPS) is 11.9. The quantitative estimate of drug-likeness (QED) is 0.605. The molecule has 78 valence electrons. The van der Waals surface area contributed by atoms with E-state index in [4.69, 9.17) is 0 Å². The zero-order chi connectivity index (χ0) is 11.0. The van der Waals surface area contributed by atoms with E-state index in [1.54, 1.807) is 6.92 Å². The van der Waals surface area contributed by atoms with Gasteiger partial charge in [-0.15, -0.1) is 0 Å². The third-order valence-corrected chi connectivity index (χ3v) is 1.75. The highest BCUT2D eigenvalue weighted by atomic mass is 16.1. The summed E-state index contributed by atoms with van der Waals surface area (Å²) in [6, 6.07) is 0. The Hall–Kier alpha value is -1.11. The van der Waals surface area contributed by atoms with Crippen LogP contribution in [0.3, 0.4) is 0 Å². The Bertz CT molecular complexity index is 263. The molecule has 0 radical (unpaired) electrons. The molecule has 0 unspecified atom stereocenters. The van der Waals surface area contributed by atoms with Gasteiger partial charge in [-0.2, -0.15) is 0 Å². The molecule has 14 heavy (non-hydrogen) atoms. The minimum Gasteiger partial charge on any atom is -0.300 e. The van der Waals surface area contributed by atoms with Gasteiger partial charge in [-0.3, -0.25) is 0 Å². The minimum atomic E-state index is 0.252. The van der Waals surface area contributed by atoms with E-state index in [1.165, 1.54) is 11.1 Å². The van der Waals surface area contributed by atoms with Crippen LogP contribution in [0.1, 0.15) is 40.5 Å². The van der Waals surface area contributed by atoms with Crippen molar-refractivity contribution in [2.45, 2.75) is 40.5 Å². The lowest BCUT2D eigenvalue weighted by Gasteiger charge is -1.92. The first kappa shape index (κ1) is 12.9. The maximum atomic E-state index is 10.7. The van der Waals surface area contributed by atoms with E-state index in [0.717, 1.165) is 6.42 Å². The zero-order valence-corrected chi connectivity index (χ0v) is 9.63. The topological polar surface area (TPSA) is 17.1 Å². The summed E-state index contributed by atoms with van der Waals surface area (Å²) >= 11 is 0. The monoisotopic (exact) mass is 192 g/mol. The molecule has 0 saturated heterocycles. The highest BCUT2D eigenvalue weighted by Gasteiger charge is 1.89. The molecule has 0 bridgehead atoms. The lowest BCUT2D eigenvalue weighted by Crippen LogP contribution is -1.86. The van der Waals surface area contributed by atoms with E-state index >= 15 is 0 Å². The van der Waals surface area contributed by atoms with Gasteiger partial charge >= 0.3 is 0 Å². The lowest BCUT2D eigenvalue weighted by atomic mass is 10.1. The van der Waals surface area contributed by atoms with Crippen LogP contribution in [0.2, 0.25) is 0 Å². The largest absolute Gasteiger partial charge is 0.300 e.